The van der Waals surface area contributed by atoms with Crippen LogP contribution in [0.1, 0.15) is 33.1 Å². The van der Waals surface area contributed by atoms with Crippen molar-refractivity contribution in [2.24, 2.45) is 0 Å². The first-order valence-electron chi connectivity index (χ1n) is 17.0. The zero-order chi connectivity index (χ0) is 35.0. The Hall–Kier alpha value is -6.69. The molecule has 0 fully saturated rings. The van der Waals surface area contributed by atoms with Crippen molar-refractivity contribution in [3.05, 3.63) is 168 Å². The van der Waals surface area contributed by atoms with Crippen molar-refractivity contribution in [1.29, 1.82) is 0 Å². The molecule has 4 aromatic carbocycles. The van der Waals surface area contributed by atoms with Crippen LogP contribution in [0.5, 0.6) is 0 Å². The molecule has 0 radical (unpaired) electrons. The molecular weight excluding hydrogens is 699 g/mol. The van der Waals surface area contributed by atoms with Gasteiger partial charge in [-0.15, -0.1) is 22.1 Å². The van der Waals surface area contributed by atoms with Gasteiger partial charge in [-0.05, 0) is 68.3 Å². The fraction of sp³-hybridized carbons (Fsp3) is 0. The van der Waals surface area contributed by atoms with Gasteiger partial charge in [0.05, 0.1) is 22.8 Å². The van der Waals surface area contributed by atoms with E-state index < -0.39 is 0 Å². The van der Waals surface area contributed by atoms with Crippen LogP contribution in [0, 0.1) is 0 Å². The van der Waals surface area contributed by atoms with E-state index in [4.69, 9.17) is 19.9 Å². The Morgan fingerprint density at radius 3 is 1.45 bits per heavy atom. The summed E-state index contributed by atoms with van der Waals surface area (Å²) in [6.07, 6.45) is 7.46. The predicted octanol–water partition coefficient (Wildman–Crippen LogP) is 9.96. The molecule has 9 rings (SSSR count). The summed E-state index contributed by atoms with van der Waals surface area (Å²) in [6, 6.07) is 45.4. The Balaban J connectivity index is 0.00000400. The third kappa shape index (κ3) is 5.97. The van der Waals surface area contributed by atoms with Crippen molar-refractivity contribution < 1.29 is 26.1 Å². The van der Waals surface area contributed by atoms with Crippen molar-refractivity contribution in [2.75, 3.05) is 0 Å². The quantitative estimate of drug-likeness (QED) is 0.125. The Morgan fingerprint density at radius 2 is 0.925 bits per heavy atom. The van der Waals surface area contributed by atoms with Gasteiger partial charge in [-0.2, -0.15) is 0 Å². The van der Waals surface area contributed by atoms with Crippen molar-refractivity contribution in [2.45, 2.75) is 0 Å². The summed E-state index contributed by atoms with van der Waals surface area (Å²) in [4.78, 5) is 46.8. The minimum Gasteiger partial charge on any atom is -0.657 e. The van der Waals surface area contributed by atoms with Crippen LogP contribution in [-0.2, 0) is 21.3 Å². The van der Waals surface area contributed by atoms with Gasteiger partial charge < -0.3 is 9.97 Å². The van der Waals surface area contributed by atoms with E-state index >= 15 is 0 Å². The topological polar surface area (TPSA) is 88.1 Å². The van der Waals surface area contributed by atoms with Crippen molar-refractivity contribution >= 4 is 58.4 Å². The Morgan fingerprint density at radius 1 is 0.453 bits per heavy atom. The van der Waals surface area contributed by atoms with E-state index in [0.717, 1.165) is 62.7 Å². The maximum absolute atomic E-state index is 12.9. The molecule has 6 nitrogen and oxygen atoms in total. The van der Waals surface area contributed by atoms with Crippen molar-refractivity contribution in [3.8, 4) is 44.5 Å². The number of carbonyl (C=O) groups is 2. The van der Waals surface area contributed by atoms with Gasteiger partial charge in [0, 0.05) is 5.57 Å². The van der Waals surface area contributed by atoms with Gasteiger partial charge in [0.15, 0.2) is 6.29 Å². The normalized spacial score (nSPS) is 11.8. The maximum atomic E-state index is 12.9. The minimum absolute atomic E-state index is 0. The molecule has 0 saturated heterocycles. The van der Waals surface area contributed by atoms with E-state index in [1.165, 1.54) is 0 Å². The summed E-state index contributed by atoms with van der Waals surface area (Å²) in [6.45, 7) is 0. The molecule has 3 aromatic heterocycles. The maximum Gasteiger partial charge on any atom is 2.00 e. The molecule has 2 aliphatic heterocycles. The van der Waals surface area contributed by atoms with Gasteiger partial charge in [0.1, 0.15) is 6.29 Å². The van der Waals surface area contributed by atoms with Crippen LogP contribution in [0.2, 0.25) is 0 Å². The molecule has 7 aromatic rings. The third-order valence-electron chi connectivity index (χ3n) is 9.39. The number of fused-ring (bicyclic) bond motifs is 8. The molecule has 5 heterocycles. The summed E-state index contributed by atoms with van der Waals surface area (Å²) < 4.78 is 0. The SMILES string of the molecule is O=CC1=Cc2nc1c(-c1ccccc1)c1ccc([n-]1)c(-c1ccccc1)c1nc(c(-c3ccccc3)c3[n-]c(cc3C=O)c2-c2ccccc2)C=C1.[Ni+2]. The number of allylic oxidation sites excluding steroid dienone is 1. The molecule has 0 N–H and O–H groups in total. The Kier molecular flexibility index (Phi) is 8.93. The summed E-state index contributed by atoms with van der Waals surface area (Å²) in [5, 5.41) is 0. The molecule has 2 aliphatic rings. The summed E-state index contributed by atoms with van der Waals surface area (Å²) in [5.74, 6) is 0. The van der Waals surface area contributed by atoms with Crippen LogP contribution in [0.15, 0.2) is 140 Å². The molecule has 7 heteroatoms. The van der Waals surface area contributed by atoms with Gasteiger partial charge in [-0.1, -0.05) is 140 Å². The molecule has 0 aliphatic carbocycles. The number of hydrogen-bond acceptors (Lipinski definition) is 4. The van der Waals surface area contributed by atoms with E-state index in [9.17, 15) is 9.59 Å². The van der Waals surface area contributed by atoms with Gasteiger partial charge >= 0.3 is 16.5 Å². The van der Waals surface area contributed by atoms with Crippen LogP contribution >= 0.6 is 0 Å². The first-order valence-corrected chi connectivity index (χ1v) is 17.0. The van der Waals surface area contributed by atoms with Crippen LogP contribution < -0.4 is 9.97 Å². The summed E-state index contributed by atoms with van der Waals surface area (Å²) >= 11 is 0. The molecule has 0 amide bonds. The van der Waals surface area contributed by atoms with E-state index in [0.29, 0.717) is 50.3 Å². The van der Waals surface area contributed by atoms with Gasteiger partial charge in [-0.25, -0.2) is 9.97 Å². The Bertz CT molecular complexity index is 2750. The number of carbonyl (C=O) groups excluding carboxylic acids is 2. The average molecular weight is 727 g/mol. The zero-order valence-corrected chi connectivity index (χ0v) is 29.1. The first-order chi connectivity index (χ1) is 25.7. The van der Waals surface area contributed by atoms with Gasteiger partial charge in [-0.3, -0.25) is 9.59 Å². The van der Waals surface area contributed by atoms with Crippen LogP contribution in [0.25, 0.3) is 90.4 Å². The second-order valence-corrected chi connectivity index (χ2v) is 12.5. The summed E-state index contributed by atoms with van der Waals surface area (Å²) in [5.41, 5.74) is 12.3. The van der Waals surface area contributed by atoms with Crippen molar-refractivity contribution in [3.63, 3.8) is 0 Å². The van der Waals surface area contributed by atoms with E-state index in [1.807, 2.05) is 146 Å². The molecule has 8 bridgehead atoms. The molecule has 53 heavy (non-hydrogen) atoms. The number of hydrogen-bond donors (Lipinski definition) is 0. The molecule has 0 saturated carbocycles. The number of aldehydes is 2. The largest absolute Gasteiger partial charge is 2.00 e. The molecular formula is C46H28N4NiO2. The third-order valence-corrected chi connectivity index (χ3v) is 9.39. The first kappa shape index (κ1) is 33.5. The average Bonchev–Trinajstić information content (AvgIpc) is 4.03. The molecule has 0 atom stereocenters. The monoisotopic (exact) mass is 726 g/mol. The minimum atomic E-state index is 0. The molecule has 0 spiro atoms. The van der Waals surface area contributed by atoms with E-state index in [2.05, 4.69) is 0 Å². The van der Waals surface area contributed by atoms with Gasteiger partial charge in [0.2, 0.25) is 0 Å². The van der Waals surface area contributed by atoms with Gasteiger partial charge in [0.25, 0.3) is 0 Å². The standard InChI is InChI=1S/C46H29N4O2.Ni/c51-27-33-25-39-42(30-15-7-2-8-16-30)40-26-34(28-52)46(50-40)44(32-19-11-4-12-20-32)38-24-22-36(48-38)41(29-13-5-1-6-14-29)35-21-23-37(47-35)43(45(33)49-39)31-17-9-3-10-18-31;/h1-28H,(H-,47,48,49,50,51,52);/q-1;+2/p-1. The zero-order valence-electron chi connectivity index (χ0n) is 28.1. The number of nitrogens with zero attached hydrogens (tertiary/aromatic N) is 4. The molecule has 254 valence electrons. The molecule has 0 unspecified atom stereocenters. The van der Waals surface area contributed by atoms with Crippen molar-refractivity contribution in [1.82, 2.24) is 19.9 Å². The smallest absolute Gasteiger partial charge is 0.657 e. The van der Waals surface area contributed by atoms with E-state index in [-0.39, 0.29) is 16.5 Å². The number of benzene rings is 4. The number of aromatic nitrogens is 4. The fourth-order valence-corrected chi connectivity index (χ4v) is 7.07. The number of rotatable bonds is 6. The second kappa shape index (κ2) is 14.1. The van der Waals surface area contributed by atoms with Crippen LogP contribution in [-0.4, -0.2) is 22.5 Å². The van der Waals surface area contributed by atoms with Crippen LogP contribution in [0.4, 0.5) is 0 Å². The Labute approximate surface area is 315 Å². The second-order valence-electron chi connectivity index (χ2n) is 12.5. The fourth-order valence-electron chi connectivity index (χ4n) is 7.07. The van der Waals surface area contributed by atoms with E-state index in [1.54, 1.807) is 12.1 Å². The van der Waals surface area contributed by atoms with Crippen LogP contribution in [0.3, 0.4) is 0 Å². The summed E-state index contributed by atoms with van der Waals surface area (Å²) in [7, 11) is 0. The predicted molar refractivity (Wildman–Crippen MR) is 209 cm³/mol.